The lowest BCUT2D eigenvalue weighted by Gasteiger charge is -2.57. The van der Waals surface area contributed by atoms with Crippen molar-refractivity contribution in [2.45, 2.75) is 36.8 Å². The van der Waals surface area contributed by atoms with Crippen LogP contribution < -0.4 is 4.74 Å². The molecule has 0 amide bonds. The van der Waals surface area contributed by atoms with Crippen LogP contribution in [0.25, 0.3) is 0 Å². The van der Waals surface area contributed by atoms with Gasteiger partial charge in [-0.15, -0.1) is 0 Å². The summed E-state index contributed by atoms with van der Waals surface area (Å²) in [5.74, 6) is 1.54. The van der Waals surface area contributed by atoms with Crippen LogP contribution in [0.3, 0.4) is 0 Å². The monoisotopic (exact) mass is 309 g/mol. The lowest BCUT2D eigenvalue weighted by atomic mass is 9.52. The van der Waals surface area contributed by atoms with Crippen molar-refractivity contribution in [3.8, 4) is 11.5 Å². The van der Waals surface area contributed by atoms with Gasteiger partial charge in [0.25, 0.3) is 0 Å². The van der Waals surface area contributed by atoms with E-state index in [-0.39, 0.29) is 17.3 Å². The molecule has 6 rings (SSSR count). The van der Waals surface area contributed by atoms with E-state index < -0.39 is 0 Å². The van der Waals surface area contributed by atoms with Crippen LogP contribution in [0.2, 0.25) is 0 Å². The number of aromatic hydroxyl groups is 1. The summed E-state index contributed by atoms with van der Waals surface area (Å²) in [7, 11) is 2.25. The molecule has 1 saturated heterocycles. The van der Waals surface area contributed by atoms with Crippen LogP contribution in [0.4, 0.5) is 0 Å². The van der Waals surface area contributed by atoms with Crippen molar-refractivity contribution in [1.29, 1.82) is 0 Å². The fourth-order valence-electron chi connectivity index (χ4n) is 5.87. The van der Waals surface area contributed by atoms with Gasteiger partial charge >= 0.3 is 0 Å². The first-order chi connectivity index (χ1) is 11.2. The maximum absolute atomic E-state index is 10.4. The van der Waals surface area contributed by atoms with Gasteiger partial charge in [-0.05, 0) is 56.0 Å². The molecule has 23 heavy (non-hydrogen) atoms. The quantitative estimate of drug-likeness (QED) is 0.780. The molecule has 4 aliphatic rings. The maximum atomic E-state index is 10.4. The molecule has 1 aromatic carbocycles. The Morgan fingerprint density at radius 1 is 1.35 bits per heavy atom. The summed E-state index contributed by atoms with van der Waals surface area (Å²) >= 11 is 0. The third-order valence-electron chi connectivity index (χ3n) is 6.85. The predicted molar refractivity (Wildman–Crippen MR) is 83.7 cm³/mol. The lowest BCUT2D eigenvalue weighted by Crippen LogP contribution is -2.62. The Bertz CT molecular complexity index is 845. The van der Waals surface area contributed by atoms with E-state index in [4.69, 9.17) is 4.74 Å². The van der Waals surface area contributed by atoms with Gasteiger partial charge in [-0.3, -0.25) is 5.10 Å². The van der Waals surface area contributed by atoms with Gasteiger partial charge in [-0.1, -0.05) is 6.07 Å². The number of ether oxygens (including phenoxy) is 1. The van der Waals surface area contributed by atoms with Crippen LogP contribution in [0, 0.1) is 5.92 Å². The summed E-state index contributed by atoms with van der Waals surface area (Å²) in [5, 5.41) is 17.9. The van der Waals surface area contributed by atoms with Crippen LogP contribution in [-0.4, -0.2) is 39.8 Å². The first-order valence-electron chi connectivity index (χ1n) is 8.44. The Morgan fingerprint density at radius 2 is 2.26 bits per heavy atom. The van der Waals surface area contributed by atoms with Gasteiger partial charge in [-0.2, -0.15) is 5.10 Å². The van der Waals surface area contributed by atoms with Crippen molar-refractivity contribution >= 4 is 0 Å². The Hall–Kier alpha value is -2.01. The van der Waals surface area contributed by atoms with Crippen molar-refractivity contribution in [2.75, 3.05) is 13.6 Å². The first kappa shape index (κ1) is 12.4. The highest BCUT2D eigenvalue weighted by Gasteiger charge is 2.64. The zero-order valence-corrected chi connectivity index (χ0v) is 13.0. The number of hydrogen-bond donors (Lipinski definition) is 2. The molecule has 4 atom stereocenters. The van der Waals surface area contributed by atoms with E-state index in [0.29, 0.717) is 12.0 Å². The molecule has 0 radical (unpaired) electrons. The zero-order chi connectivity index (χ0) is 15.3. The highest BCUT2D eigenvalue weighted by atomic mass is 16.5. The van der Waals surface area contributed by atoms with Gasteiger partial charge < -0.3 is 14.7 Å². The molecule has 4 unspecified atom stereocenters. The summed E-state index contributed by atoms with van der Waals surface area (Å²) in [6, 6.07) is 4.44. The number of rotatable bonds is 0. The van der Waals surface area contributed by atoms with Crippen molar-refractivity contribution in [3.05, 3.63) is 40.7 Å². The second-order valence-electron chi connectivity index (χ2n) is 7.61. The third kappa shape index (κ3) is 1.21. The number of aromatic amines is 1. The number of H-pyrrole nitrogens is 1. The van der Waals surface area contributed by atoms with Crippen molar-refractivity contribution < 1.29 is 9.84 Å². The molecule has 118 valence electrons. The Balaban J connectivity index is 1.71. The van der Waals surface area contributed by atoms with E-state index in [2.05, 4.69) is 28.2 Å². The summed E-state index contributed by atoms with van der Waals surface area (Å²) in [5.41, 5.74) is 5.05. The van der Waals surface area contributed by atoms with E-state index >= 15 is 0 Å². The first-order valence-corrected chi connectivity index (χ1v) is 8.44. The summed E-state index contributed by atoms with van der Waals surface area (Å²) < 4.78 is 6.39. The fraction of sp³-hybridized carbons (Fsp3) is 0.500. The van der Waals surface area contributed by atoms with E-state index in [1.807, 2.05) is 6.20 Å². The topological polar surface area (TPSA) is 61.4 Å². The lowest BCUT2D eigenvalue weighted by molar-refractivity contribution is -0.0256. The fourth-order valence-corrected chi connectivity index (χ4v) is 5.87. The maximum Gasteiger partial charge on any atom is 0.166 e. The van der Waals surface area contributed by atoms with Gasteiger partial charge in [0.05, 0.1) is 11.9 Å². The number of benzene rings is 1. The molecule has 1 fully saturated rings. The summed E-state index contributed by atoms with van der Waals surface area (Å²) in [6.07, 6.45) is 5.11. The second kappa shape index (κ2) is 3.73. The molecule has 3 heterocycles. The molecule has 2 bridgehead atoms. The number of likely N-dealkylation sites (N-methyl/N-ethyl adjacent to an activating group) is 1. The van der Waals surface area contributed by atoms with Crippen molar-refractivity contribution in [1.82, 2.24) is 15.1 Å². The van der Waals surface area contributed by atoms with Crippen LogP contribution in [0.1, 0.15) is 34.9 Å². The SMILES string of the molecule is CN1CCC23c4c5ccc(O)c4OC2c2[nH]ncc2CC3C1C5. The van der Waals surface area contributed by atoms with Crippen LogP contribution in [-0.2, 0) is 18.3 Å². The molecule has 1 spiro atoms. The molecule has 2 N–H and O–H groups in total. The minimum atomic E-state index is -0.0303. The van der Waals surface area contributed by atoms with E-state index in [1.54, 1.807) is 6.07 Å². The highest BCUT2D eigenvalue weighted by molar-refractivity contribution is 5.62. The molecule has 0 saturated carbocycles. The van der Waals surface area contributed by atoms with Crippen LogP contribution >= 0.6 is 0 Å². The second-order valence-corrected chi connectivity index (χ2v) is 7.61. The minimum absolute atomic E-state index is 0.00162. The van der Waals surface area contributed by atoms with Crippen molar-refractivity contribution in [3.63, 3.8) is 0 Å². The van der Waals surface area contributed by atoms with Gasteiger partial charge in [-0.25, -0.2) is 0 Å². The number of nitrogens with one attached hydrogen (secondary N) is 1. The smallest absolute Gasteiger partial charge is 0.166 e. The Morgan fingerprint density at radius 3 is 3.17 bits per heavy atom. The van der Waals surface area contributed by atoms with Gasteiger partial charge in [0, 0.05) is 17.0 Å². The molecule has 5 heteroatoms. The predicted octanol–water partition coefficient (Wildman–Crippen LogP) is 1.92. The number of piperidine rings is 1. The number of fused-ring (bicyclic) bond motifs is 2. The van der Waals surface area contributed by atoms with Crippen molar-refractivity contribution in [2.24, 2.45) is 5.92 Å². The zero-order valence-electron chi connectivity index (χ0n) is 13.0. The van der Waals surface area contributed by atoms with Crippen LogP contribution in [0.15, 0.2) is 18.3 Å². The van der Waals surface area contributed by atoms with Crippen LogP contribution in [0.5, 0.6) is 11.5 Å². The van der Waals surface area contributed by atoms with E-state index in [9.17, 15) is 5.11 Å². The molecule has 1 aromatic heterocycles. The third-order valence-corrected chi connectivity index (χ3v) is 6.85. The van der Waals surface area contributed by atoms with E-state index in [1.165, 1.54) is 16.7 Å². The number of nitrogens with zero attached hydrogens (tertiary/aromatic N) is 2. The number of hydrogen-bond acceptors (Lipinski definition) is 4. The molecule has 2 aromatic rings. The number of phenols is 1. The number of phenolic OH excluding ortho intramolecular Hbond substituents is 1. The molecule has 2 aliphatic carbocycles. The molecular weight excluding hydrogens is 290 g/mol. The standard InChI is InChI=1S/C18H19N3O2/c1-21-5-4-18-11-6-10-8-19-20-15(10)17(18)23-16-13(22)3-2-9(14(16)18)7-12(11)21/h2-3,8,11-12,17,22H,4-7H2,1H3,(H,19,20). The highest BCUT2D eigenvalue weighted by Crippen LogP contribution is 2.66. The largest absolute Gasteiger partial charge is 0.504 e. The number of aromatic nitrogens is 2. The normalized spacial score (nSPS) is 36.3. The van der Waals surface area contributed by atoms with Gasteiger partial charge in [0.15, 0.2) is 17.6 Å². The number of likely N-dealkylation sites (tertiary alicyclic amines) is 1. The molecule has 2 aliphatic heterocycles. The summed E-state index contributed by atoms with van der Waals surface area (Å²) in [6.45, 7) is 1.08. The minimum Gasteiger partial charge on any atom is -0.504 e. The van der Waals surface area contributed by atoms with Gasteiger partial charge in [0.2, 0.25) is 0 Å². The summed E-state index contributed by atoms with van der Waals surface area (Å²) in [4.78, 5) is 2.52. The van der Waals surface area contributed by atoms with E-state index in [0.717, 1.165) is 37.3 Å². The molecular formula is C18H19N3O2. The molecule has 5 nitrogen and oxygen atoms in total. The average molecular weight is 309 g/mol. The average Bonchev–Trinajstić information content (AvgIpc) is 3.13. The van der Waals surface area contributed by atoms with Gasteiger partial charge in [0.1, 0.15) is 0 Å². The Kier molecular flexibility index (Phi) is 2.01. The Labute approximate surface area is 134 Å².